The van der Waals surface area contributed by atoms with Crippen LogP contribution >= 0.6 is 0 Å². The highest BCUT2D eigenvalue weighted by Crippen LogP contribution is 2.31. The van der Waals surface area contributed by atoms with Crippen LogP contribution in [0.15, 0.2) is 55.2 Å². The lowest BCUT2D eigenvalue weighted by Crippen LogP contribution is -2.38. The van der Waals surface area contributed by atoms with Crippen molar-refractivity contribution in [3.63, 3.8) is 0 Å². The van der Waals surface area contributed by atoms with Crippen LogP contribution in [-0.2, 0) is 7.05 Å². The van der Waals surface area contributed by atoms with E-state index in [1.807, 2.05) is 66.9 Å². The molecule has 0 aliphatic heterocycles. The third-order valence-corrected chi connectivity index (χ3v) is 6.98. The molecule has 1 aliphatic carbocycles. The lowest BCUT2D eigenvalue weighted by atomic mass is 10.2. The molecule has 2 N–H and O–H groups in total. The molecular formula is C27H28N8O2. The monoisotopic (exact) mass is 496 g/mol. The van der Waals surface area contributed by atoms with Crippen molar-refractivity contribution in [3.05, 3.63) is 60.8 Å². The van der Waals surface area contributed by atoms with Gasteiger partial charge in [0.25, 0.3) is 0 Å². The first-order valence-corrected chi connectivity index (χ1v) is 12.3. The average molecular weight is 497 g/mol. The molecule has 0 spiro atoms. The molecule has 1 saturated carbocycles. The highest BCUT2D eigenvalue weighted by atomic mass is 16.5. The van der Waals surface area contributed by atoms with E-state index in [0.29, 0.717) is 22.8 Å². The Morgan fingerprint density at radius 3 is 2.76 bits per heavy atom. The second kappa shape index (κ2) is 9.29. The Morgan fingerprint density at radius 1 is 1.05 bits per heavy atom. The fraction of sp³-hybridized carbons (Fsp3) is 0.296. The fourth-order valence-corrected chi connectivity index (χ4v) is 4.91. The van der Waals surface area contributed by atoms with Crippen molar-refractivity contribution in [3.8, 4) is 11.5 Å². The van der Waals surface area contributed by atoms with Crippen molar-refractivity contribution in [2.24, 2.45) is 7.05 Å². The first-order chi connectivity index (χ1) is 18.0. The molecule has 10 heteroatoms. The van der Waals surface area contributed by atoms with Crippen molar-refractivity contribution in [1.29, 1.82) is 0 Å². The van der Waals surface area contributed by atoms with Crippen molar-refractivity contribution in [1.82, 2.24) is 29.5 Å². The Hall–Kier alpha value is -4.31. The Balaban J connectivity index is 1.24. The number of aromatic nitrogens is 6. The molecule has 3 heterocycles. The molecule has 0 saturated heterocycles. The molecule has 0 radical (unpaired) electrons. The van der Waals surface area contributed by atoms with Crippen LogP contribution in [0.3, 0.4) is 0 Å². The number of fused-ring (bicyclic) bond motifs is 2. The SMILES string of the molecule is Cc1cc(Nc2ncnc3cnc(N(C)[C@H]4CCC[C@@H]4O)nc23)ccc1Oc1ccc2c(c1)ncn2C. The molecule has 6 rings (SSSR count). The van der Waals surface area contributed by atoms with Gasteiger partial charge >= 0.3 is 0 Å². The molecule has 10 nitrogen and oxygen atoms in total. The number of hydrogen-bond donors (Lipinski definition) is 2. The molecule has 0 bridgehead atoms. The number of hydrogen-bond acceptors (Lipinski definition) is 9. The normalized spacial score (nSPS) is 17.4. The van der Waals surface area contributed by atoms with Gasteiger partial charge in [-0.05, 0) is 62.1 Å². The van der Waals surface area contributed by atoms with Crippen LogP contribution in [0.5, 0.6) is 11.5 Å². The third-order valence-electron chi connectivity index (χ3n) is 6.98. The summed E-state index contributed by atoms with van der Waals surface area (Å²) in [5.41, 5.74) is 5.02. The molecule has 2 atom stereocenters. The number of aliphatic hydroxyl groups is 1. The summed E-state index contributed by atoms with van der Waals surface area (Å²) in [5.74, 6) is 2.62. The number of benzene rings is 2. The number of likely N-dealkylation sites (N-methyl/N-ethyl adjacent to an activating group) is 1. The molecule has 2 aromatic carbocycles. The number of imidazole rings is 1. The second-order valence-corrected chi connectivity index (χ2v) is 9.52. The lowest BCUT2D eigenvalue weighted by molar-refractivity contribution is 0.162. The van der Waals surface area contributed by atoms with E-state index in [4.69, 9.17) is 9.72 Å². The summed E-state index contributed by atoms with van der Waals surface area (Å²) >= 11 is 0. The number of aliphatic hydroxyl groups excluding tert-OH is 1. The van der Waals surface area contributed by atoms with Gasteiger partial charge in [-0.3, -0.25) is 0 Å². The minimum atomic E-state index is -0.372. The molecular weight excluding hydrogens is 468 g/mol. The summed E-state index contributed by atoms with van der Waals surface area (Å²) in [6.45, 7) is 2.00. The molecule has 5 aromatic rings. The fourth-order valence-electron chi connectivity index (χ4n) is 4.91. The van der Waals surface area contributed by atoms with Gasteiger partial charge in [0.15, 0.2) is 5.82 Å². The molecule has 0 amide bonds. The van der Waals surface area contributed by atoms with Crippen LogP contribution in [-0.4, -0.2) is 53.8 Å². The maximum atomic E-state index is 10.3. The van der Waals surface area contributed by atoms with E-state index in [-0.39, 0.29) is 12.1 Å². The Morgan fingerprint density at radius 2 is 1.95 bits per heavy atom. The first kappa shape index (κ1) is 23.1. The smallest absolute Gasteiger partial charge is 0.226 e. The molecule has 3 aromatic heterocycles. The minimum absolute atomic E-state index is 0.00654. The van der Waals surface area contributed by atoms with Gasteiger partial charge in [0.2, 0.25) is 5.95 Å². The highest BCUT2D eigenvalue weighted by Gasteiger charge is 2.30. The molecule has 0 unspecified atom stereocenters. The Labute approximate surface area is 214 Å². The number of nitrogens with one attached hydrogen (secondary N) is 1. The van der Waals surface area contributed by atoms with E-state index < -0.39 is 0 Å². The number of ether oxygens (including phenoxy) is 1. The predicted octanol–water partition coefficient (Wildman–Crippen LogP) is 4.50. The summed E-state index contributed by atoms with van der Waals surface area (Å²) < 4.78 is 8.13. The molecule has 1 aliphatic rings. The number of anilines is 3. The van der Waals surface area contributed by atoms with Gasteiger partial charge in [0, 0.05) is 25.8 Å². The largest absolute Gasteiger partial charge is 0.457 e. The van der Waals surface area contributed by atoms with E-state index in [1.54, 1.807) is 12.5 Å². The zero-order valence-electron chi connectivity index (χ0n) is 21.0. The summed E-state index contributed by atoms with van der Waals surface area (Å²) in [7, 11) is 3.89. The number of rotatable bonds is 6. The van der Waals surface area contributed by atoms with Gasteiger partial charge in [-0.1, -0.05) is 0 Å². The second-order valence-electron chi connectivity index (χ2n) is 9.52. The maximum Gasteiger partial charge on any atom is 0.226 e. The van der Waals surface area contributed by atoms with Crippen LogP contribution < -0.4 is 15.0 Å². The van der Waals surface area contributed by atoms with Crippen molar-refractivity contribution < 1.29 is 9.84 Å². The van der Waals surface area contributed by atoms with Gasteiger partial charge in [0.05, 0.1) is 35.7 Å². The van der Waals surface area contributed by atoms with E-state index in [9.17, 15) is 5.11 Å². The number of aryl methyl sites for hydroxylation is 2. The average Bonchev–Trinajstić information content (AvgIpc) is 3.50. The van der Waals surface area contributed by atoms with Gasteiger partial charge in [0.1, 0.15) is 28.9 Å². The van der Waals surface area contributed by atoms with Crippen molar-refractivity contribution >= 4 is 39.5 Å². The predicted molar refractivity (Wildman–Crippen MR) is 142 cm³/mol. The topological polar surface area (TPSA) is 114 Å². The van der Waals surface area contributed by atoms with Crippen LogP contribution in [0.4, 0.5) is 17.5 Å². The molecule has 37 heavy (non-hydrogen) atoms. The summed E-state index contributed by atoms with van der Waals surface area (Å²) in [6, 6.07) is 11.8. The lowest BCUT2D eigenvalue weighted by Gasteiger charge is -2.27. The Bertz CT molecular complexity index is 1600. The zero-order valence-corrected chi connectivity index (χ0v) is 21.0. The van der Waals surface area contributed by atoms with E-state index in [2.05, 4.69) is 25.3 Å². The van der Waals surface area contributed by atoms with Crippen molar-refractivity contribution in [2.45, 2.75) is 38.3 Å². The third kappa shape index (κ3) is 4.40. The standard InChI is InChI=1S/C27H28N8O2/c1-16-11-17(7-10-24(16)37-18-8-9-21-19(12-18)31-15-34(21)2)32-26-25-20(29-14-30-26)13-28-27(33-25)35(3)22-5-4-6-23(22)36/h7-15,22-23,36H,4-6H2,1-3H3,(H,29,30,32)/t22-,23-/m0/s1. The molecule has 188 valence electrons. The van der Waals surface area contributed by atoms with Gasteiger partial charge < -0.3 is 24.6 Å². The van der Waals surface area contributed by atoms with Gasteiger partial charge in [-0.15, -0.1) is 0 Å². The van der Waals surface area contributed by atoms with Crippen LogP contribution in [0.25, 0.3) is 22.1 Å². The minimum Gasteiger partial charge on any atom is -0.457 e. The van der Waals surface area contributed by atoms with E-state index in [0.717, 1.165) is 53.0 Å². The van der Waals surface area contributed by atoms with Crippen molar-refractivity contribution in [2.75, 3.05) is 17.3 Å². The van der Waals surface area contributed by atoms with Crippen LogP contribution in [0, 0.1) is 6.92 Å². The quantitative estimate of drug-likeness (QED) is 0.351. The van der Waals surface area contributed by atoms with Crippen LogP contribution in [0.2, 0.25) is 0 Å². The maximum absolute atomic E-state index is 10.3. The van der Waals surface area contributed by atoms with E-state index >= 15 is 0 Å². The van der Waals surface area contributed by atoms with Gasteiger partial charge in [-0.25, -0.2) is 24.9 Å². The summed E-state index contributed by atoms with van der Waals surface area (Å²) in [4.78, 5) is 24.4. The van der Waals surface area contributed by atoms with Gasteiger partial charge in [-0.2, -0.15) is 0 Å². The zero-order chi connectivity index (χ0) is 25.5. The highest BCUT2D eigenvalue weighted by molar-refractivity contribution is 5.87. The summed E-state index contributed by atoms with van der Waals surface area (Å²) in [5, 5.41) is 13.7. The first-order valence-electron chi connectivity index (χ1n) is 12.3. The Kier molecular flexibility index (Phi) is 5.80. The molecule has 1 fully saturated rings. The van der Waals surface area contributed by atoms with Crippen LogP contribution in [0.1, 0.15) is 24.8 Å². The number of nitrogens with zero attached hydrogens (tertiary/aromatic N) is 7. The van der Waals surface area contributed by atoms with E-state index in [1.165, 1.54) is 6.33 Å². The summed E-state index contributed by atoms with van der Waals surface area (Å²) in [6.07, 6.45) is 7.33.